The number of hydrogen-bond donors (Lipinski definition) is 0. The molecule has 2 atom stereocenters. The third kappa shape index (κ3) is 4.97. The predicted molar refractivity (Wildman–Crippen MR) is 95.0 cm³/mol. The number of carbonyl (C=O) groups excluding carboxylic acids is 2. The van der Waals surface area contributed by atoms with E-state index in [4.69, 9.17) is 8.92 Å². The van der Waals surface area contributed by atoms with Gasteiger partial charge in [-0.15, -0.1) is 0 Å². The van der Waals surface area contributed by atoms with Crippen molar-refractivity contribution in [2.75, 3.05) is 6.54 Å². The van der Waals surface area contributed by atoms with Crippen molar-refractivity contribution in [2.45, 2.75) is 57.6 Å². The Morgan fingerprint density at radius 1 is 1.15 bits per heavy atom. The second kappa shape index (κ2) is 7.26. The first-order valence-corrected chi connectivity index (χ1v) is 9.84. The molecule has 1 amide bonds. The molecule has 0 bridgehead atoms. The van der Waals surface area contributed by atoms with Crippen LogP contribution in [0.25, 0.3) is 0 Å². The molecule has 1 heterocycles. The quantitative estimate of drug-likeness (QED) is 0.746. The van der Waals surface area contributed by atoms with Gasteiger partial charge in [-0.3, -0.25) is 4.90 Å². The maximum absolute atomic E-state index is 12.5. The maximum Gasteiger partial charge on any atom is 0.411 e. The van der Waals surface area contributed by atoms with E-state index in [-0.39, 0.29) is 10.8 Å². The van der Waals surface area contributed by atoms with Gasteiger partial charge < -0.3 is 8.92 Å². The van der Waals surface area contributed by atoms with Crippen LogP contribution in [0.2, 0.25) is 0 Å². The maximum atomic E-state index is 12.5. The number of amides is 1. The van der Waals surface area contributed by atoms with Crippen LogP contribution in [0.15, 0.2) is 29.2 Å². The summed E-state index contributed by atoms with van der Waals surface area (Å²) in [6.07, 6.45) is -0.335. The number of hydrogen-bond acceptors (Lipinski definition) is 6. The van der Waals surface area contributed by atoms with Gasteiger partial charge in [-0.25, -0.2) is 9.59 Å². The van der Waals surface area contributed by atoms with Crippen LogP contribution in [-0.2, 0) is 23.8 Å². The topological polar surface area (TPSA) is 90.0 Å². The molecule has 0 aromatic heterocycles. The highest BCUT2D eigenvalue weighted by molar-refractivity contribution is 7.87. The number of likely N-dealkylation sites (tertiary alicyclic amines) is 1. The average molecular weight is 383 g/mol. The van der Waals surface area contributed by atoms with Crippen molar-refractivity contribution in [3.8, 4) is 0 Å². The van der Waals surface area contributed by atoms with E-state index >= 15 is 0 Å². The summed E-state index contributed by atoms with van der Waals surface area (Å²) in [5.41, 5.74) is 0.168. The first-order valence-electron chi connectivity index (χ1n) is 8.43. The molecule has 1 aliphatic heterocycles. The van der Waals surface area contributed by atoms with Crippen molar-refractivity contribution in [2.24, 2.45) is 5.92 Å². The number of aryl methyl sites for hydroxylation is 1. The van der Waals surface area contributed by atoms with Crippen LogP contribution >= 0.6 is 0 Å². The highest BCUT2D eigenvalue weighted by Crippen LogP contribution is 2.27. The van der Waals surface area contributed by atoms with Crippen molar-refractivity contribution in [3.05, 3.63) is 29.8 Å². The van der Waals surface area contributed by atoms with Crippen LogP contribution in [0.5, 0.6) is 0 Å². The zero-order chi connectivity index (χ0) is 19.7. The molecule has 26 heavy (non-hydrogen) atoms. The summed E-state index contributed by atoms with van der Waals surface area (Å²) < 4.78 is 34.7. The highest BCUT2D eigenvalue weighted by atomic mass is 32.2. The van der Waals surface area contributed by atoms with Gasteiger partial charge in [0.05, 0.1) is 0 Å². The number of ether oxygens (including phenoxy) is 1. The molecule has 1 fully saturated rings. The minimum Gasteiger partial charge on any atom is -0.444 e. The van der Waals surface area contributed by atoms with Gasteiger partial charge in [-0.2, -0.15) is 8.42 Å². The van der Waals surface area contributed by atoms with Crippen LogP contribution in [0.4, 0.5) is 4.79 Å². The van der Waals surface area contributed by atoms with Gasteiger partial charge in [0.15, 0.2) is 0 Å². The lowest BCUT2D eigenvalue weighted by Gasteiger charge is -2.27. The standard InChI is InChI=1S/C18H25NO6S/c1-12-6-8-14(9-7-12)26(22,23)25-16(20)15-10-13(2)11-19(15)17(21)24-18(3,4)5/h6-9,13,15H,10-11H2,1-5H3/t13-,15+/m1/s1. The Hall–Kier alpha value is -2.09. The lowest BCUT2D eigenvalue weighted by molar-refractivity contribution is -0.138. The molecule has 0 saturated carbocycles. The minimum atomic E-state index is -4.24. The van der Waals surface area contributed by atoms with Gasteiger partial charge in [0, 0.05) is 6.54 Å². The Balaban J connectivity index is 2.16. The minimum absolute atomic E-state index is 0.0298. The largest absolute Gasteiger partial charge is 0.444 e. The molecule has 1 aromatic rings. The van der Waals surface area contributed by atoms with E-state index in [0.717, 1.165) is 5.56 Å². The molecule has 7 nitrogen and oxygen atoms in total. The van der Waals surface area contributed by atoms with Crippen LogP contribution in [0.3, 0.4) is 0 Å². The van der Waals surface area contributed by atoms with Crippen LogP contribution < -0.4 is 0 Å². The van der Waals surface area contributed by atoms with Crippen molar-refractivity contribution < 1.29 is 26.9 Å². The Morgan fingerprint density at radius 2 is 1.73 bits per heavy atom. The third-order valence-electron chi connectivity index (χ3n) is 3.91. The summed E-state index contributed by atoms with van der Waals surface area (Å²) >= 11 is 0. The molecular weight excluding hydrogens is 358 g/mol. The molecule has 0 N–H and O–H groups in total. The Labute approximate surface area is 154 Å². The van der Waals surface area contributed by atoms with Gasteiger partial charge in [-0.1, -0.05) is 24.6 Å². The Bertz CT molecular complexity index is 779. The number of nitrogens with zero attached hydrogens (tertiary/aromatic N) is 1. The second-order valence-electron chi connectivity index (χ2n) is 7.66. The van der Waals surface area contributed by atoms with Crippen LogP contribution in [0, 0.1) is 12.8 Å². The average Bonchev–Trinajstić information content (AvgIpc) is 2.88. The van der Waals surface area contributed by atoms with Gasteiger partial charge >= 0.3 is 22.2 Å². The molecule has 0 aliphatic carbocycles. The molecule has 0 spiro atoms. The monoisotopic (exact) mass is 383 g/mol. The fraction of sp³-hybridized carbons (Fsp3) is 0.556. The molecule has 144 valence electrons. The lowest BCUT2D eigenvalue weighted by atomic mass is 10.1. The number of rotatable bonds is 3. The molecular formula is C18H25NO6S. The fourth-order valence-corrected chi connectivity index (χ4v) is 3.60. The van der Waals surface area contributed by atoms with E-state index in [1.807, 2.05) is 13.8 Å². The zero-order valence-corrected chi connectivity index (χ0v) is 16.5. The molecule has 0 radical (unpaired) electrons. The predicted octanol–water partition coefficient (Wildman–Crippen LogP) is 2.87. The van der Waals surface area contributed by atoms with Crippen molar-refractivity contribution in [3.63, 3.8) is 0 Å². The van der Waals surface area contributed by atoms with Crippen molar-refractivity contribution >= 4 is 22.2 Å². The van der Waals surface area contributed by atoms with Gasteiger partial charge in [0.25, 0.3) is 0 Å². The lowest BCUT2D eigenvalue weighted by Crippen LogP contribution is -2.44. The zero-order valence-electron chi connectivity index (χ0n) is 15.7. The van der Waals surface area contributed by atoms with E-state index in [1.165, 1.54) is 17.0 Å². The van der Waals surface area contributed by atoms with Crippen molar-refractivity contribution in [1.82, 2.24) is 4.90 Å². The summed E-state index contributed by atoms with van der Waals surface area (Å²) in [5, 5.41) is 0. The molecule has 1 aromatic carbocycles. The van der Waals surface area contributed by atoms with E-state index in [2.05, 4.69) is 0 Å². The third-order valence-corrected chi connectivity index (χ3v) is 5.15. The van der Waals surface area contributed by atoms with E-state index in [0.29, 0.717) is 13.0 Å². The highest BCUT2D eigenvalue weighted by Gasteiger charge is 2.42. The van der Waals surface area contributed by atoms with Gasteiger partial charge in [0.1, 0.15) is 16.5 Å². The fourth-order valence-electron chi connectivity index (χ4n) is 2.71. The Kier molecular flexibility index (Phi) is 5.65. The van der Waals surface area contributed by atoms with E-state index in [1.54, 1.807) is 32.9 Å². The summed E-state index contributed by atoms with van der Waals surface area (Å²) in [5.74, 6) is -0.942. The van der Waals surface area contributed by atoms with E-state index < -0.39 is 33.8 Å². The number of carbonyl (C=O) groups is 2. The van der Waals surface area contributed by atoms with Gasteiger partial charge in [-0.05, 0) is 52.2 Å². The molecule has 8 heteroatoms. The van der Waals surface area contributed by atoms with E-state index in [9.17, 15) is 18.0 Å². The first kappa shape index (κ1) is 20.2. The van der Waals surface area contributed by atoms with Crippen LogP contribution in [-0.4, -0.2) is 43.6 Å². The first-order chi connectivity index (χ1) is 11.9. The molecule has 1 aliphatic rings. The summed E-state index contributed by atoms with van der Waals surface area (Å²) in [6.45, 7) is 9.16. The molecule has 0 unspecified atom stereocenters. The normalized spacial score (nSPS) is 20.7. The SMILES string of the molecule is Cc1ccc(S(=O)(=O)OC(=O)[C@@H]2C[C@@H](C)CN2C(=O)OC(C)(C)C)cc1. The Morgan fingerprint density at radius 3 is 2.27 bits per heavy atom. The smallest absolute Gasteiger partial charge is 0.411 e. The summed E-state index contributed by atoms with van der Waals surface area (Å²) in [6, 6.07) is 5.00. The van der Waals surface area contributed by atoms with Gasteiger partial charge in [0.2, 0.25) is 0 Å². The summed E-state index contributed by atoms with van der Waals surface area (Å²) in [4.78, 5) is 26.0. The van der Waals surface area contributed by atoms with Crippen molar-refractivity contribution in [1.29, 1.82) is 0 Å². The molecule has 1 saturated heterocycles. The molecule has 2 rings (SSSR count). The second-order valence-corrected chi connectivity index (χ2v) is 9.21. The number of benzene rings is 1. The van der Waals surface area contributed by atoms with Crippen LogP contribution in [0.1, 0.15) is 39.7 Å². The summed E-state index contributed by atoms with van der Waals surface area (Å²) in [7, 11) is -4.24.